The van der Waals surface area contributed by atoms with E-state index in [4.69, 9.17) is 5.11 Å². The molecule has 1 aromatic carbocycles. The highest BCUT2D eigenvalue weighted by Gasteiger charge is 2.14. The Bertz CT molecular complexity index is 504. The molecule has 0 saturated heterocycles. The third-order valence-electron chi connectivity index (χ3n) is 2.22. The van der Waals surface area contributed by atoms with Gasteiger partial charge < -0.3 is 10.4 Å². The lowest BCUT2D eigenvalue weighted by Gasteiger charge is -2.04. The van der Waals surface area contributed by atoms with Gasteiger partial charge in [-0.15, -0.1) is 0 Å². The van der Waals surface area contributed by atoms with Gasteiger partial charge in [0.25, 0.3) is 0 Å². The number of carboxylic acid groups (broad SMARTS) is 1. The summed E-state index contributed by atoms with van der Waals surface area (Å²) < 4.78 is 25.2. The highest BCUT2D eigenvalue weighted by molar-refractivity contribution is 7.85. The number of carboxylic acids is 1. The van der Waals surface area contributed by atoms with Crippen molar-refractivity contribution in [3.63, 3.8) is 0 Å². The van der Waals surface area contributed by atoms with Crippen LogP contribution >= 0.6 is 0 Å². The molecule has 0 fully saturated rings. The molecule has 0 spiro atoms. The van der Waals surface area contributed by atoms with Crippen LogP contribution in [0.1, 0.15) is 16.8 Å². The van der Waals surface area contributed by atoms with E-state index in [-0.39, 0.29) is 28.5 Å². The lowest BCUT2D eigenvalue weighted by Crippen LogP contribution is -2.20. The van der Waals surface area contributed by atoms with E-state index in [0.717, 1.165) is 18.2 Å². The van der Waals surface area contributed by atoms with E-state index >= 15 is 0 Å². The Hall–Kier alpha value is -1.76. The summed E-state index contributed by atoms with van der Waals surface area (Å²) in [5, 5.41) is 11.1. The van der Waals surface area contributed by atoms with Gasteiger partial charge in [-0.3, -0.25) is 9.00 Å². The van der Waals surface area contributed by atoms with Crippen LogP contribution < -0.4 is 5.32 Å². The van der Waals surface area contributed by atoms with Crippen LogP contribution in [0.2, 0.25) is 0 Å². The Labute approximate surface area is 105 Å². The fourth-order valence-corrected chi connectivity index (χ4v) is 2.37. The smallest absolute Gasteiger partial charge is 0.335 e. The first kappa shape index (κ1) is 14.3. The highest BCUT2D eigenvalue weighted by atomic mass is 32.2. The number of carbonyl (C=O) groups excluding carboxylic acids is 1. The summed E-state index contributed by atoms with van der Waals surface area (Å²) in [7, 11) is -0.302. The number of rotatable bonds is 5. The van der Waals surface area contributed by atoms with E-state index in [1.807, 2.05) is 0 Å². The summed E-state index contributed by atoms with van der Waals surface area (Å²) in [5.74, 6) is -2.33. The van der Waals surface area contributed by atoms with Crippen LogP contribution in [0, 0.1) is 5.82 Å². The average molecular weight is 273 g/mol. The molecule has 1 atom stereocenters. The number of aromatic carboxylic acids is 1. The lowest BCUT2D eigenvalue weighted by atomic mass is 10.2. The predicted molar refractivity (Wildman–Crippen MR) is 63.3 cm³/mol. The molecule has 0 aliphatic heterocycles. The number of hydrogen-bond donors (Lipinski definition) is 2. The molecule has 0 heterocycles. The van der Waals surface area contributed by atoms with Gasteiger partial charge in [-0.25, -0.2) is 9.18 Å². The standard InChI is InChI=1S/C11H12FNO4S/c1-13-10(14)4-5-18(17)9-6-7(11(15)16)2-3-8(9)12/h2-3,6H,4-5H2,1H3,(H,13,14)(H,15,16). The number of halogens is 1. The van der Waals surface area contributed by atoms with Crippen molar-refractivity contribution in [3.05, 3.63) is 29.6 Å². The van der Waals surface area contributed by atoms with Crippen LogP contribution in [0.15, 0.2) is 23.1 Å². The molecule has 0 aliphatic carbocycles. The first-order valence-corrected chi connectivity index (χ1v) is 6.39. The summed E-state index contributed by atoms with van der Waals surface area (Å²) in [6.07, 6.45) is -0.0140. The maximum absolute atomic E-state index is 13.4. The second kappa shape index (κ2) is 6.25. The molecule has 0 aromatic heterocycles. The molecule has 98 valence electrons. The fraction of sp³-hybridized carbons (Fsp3) is 0.273. The van der Waals surface area contributed by atoms with E-state index < -0.39 is 22.6 Å². The van der Waals surface area contributed by atoms with Crippen molar-refractivity contribution in [3.8, 4) is 0 Å². The van der Waals surface area contributed by atoms with Crippen LogP contribution in [-0.2, 0) is 15.6 Å². The Balaban J connectivity index is 2.87. The van der Waals surface area contributed by atoms with E-state index in [1.54, 1.807) is 0 Å². The highest BCUT2D eigenvalue weighted by Crippen LogP contribution is 2.15. The van der Waals surface area contributed by atoms with Gasteiger partial charge in [0, 0.05) is 19.2 Å². The SMILES string of the molecule is CNC(=O)CCS(=O)c1cc(C(=O)O)ccc1F. The van der Waals surface area contributed by atoms with Gasteiger partial charge in [0.05, 0.1) is 21.3 Å². The van der Waals surface area contributed by atoms with Crippen molar-refractivity contribution < 1.29 is 23.3 Å². The van der Waals surface area contributed by atoms with Crippen molar-refractivity contribution in [2.24, 2.45) is 0 Å². The molecular formula is C11H12FNO4S. The first-order valence-electron chi connectivity index (χ1n) is 5.07. The van der Waals surface area contributed by atoms with Gasteiger partial charge in [-0.2, -0.15) is 0 Å². The van der Waals surface area contributed by atoms with Gasteiger partial charge in [-0.05, 0) is 18.2 Å². The van der Waals surface area contributed by atoms with Crippen LogP contribution in [0.3, 0.4) is 0 Å². The minimum Gasteiger partial charge on any atom is -0.478 e. The summed E-state index contributed by atoms with van der Waals surface area (Å²) >= 11 is 0. The average Bonchev–Trinajstić information content (AvgIpc) is 2.35. The normalized spacial score (nSPS) is 11.9. The van der Waals surface area contributed by atoms with Crippen LogP contribution in [-0.4, -0.2) is 34.0 Å². The molecule has 1 aromatic rings. The van der Waals surface area contributed by atoms with Crippen LogP contribution in [0.5, 0.6) is 0 Å². The molecular weight excluding hydrogens is 261 g/mol. The Morgan fingerprint density at radius 1 is 1.44 bits per heavy atom. The third-order valence-corrected chi connectivity index (χ3v) is 3.60. The van der Waals surface area contributed by atoms with E-state index in [2.05, 4.69) is 5.32 Å². The molecule has 0 aliphatic rings. The van der Waals surface area contributed by atoms with E-state index in [9.17, 15) is 18.2 Å². The quantitative estimate of drug-likeness (QED) is 0.830. The number of nitrogens with one attached hydrogen (secondary N) is 1. The molecule has 1 rings (SSSR count). The van der Waals surface area contributed by atoms with Gasteiger partial charge in [0.2, 0.25) is 5.91 Å². The zero-order chi connectivity index (χ0) is 13.7. The van der Waals surface area contributed by atoms with Crippen molar-refractivity contribution in [1.29, 1.82) is 0 Å². The molecule has 0 bridgehead atoms. The van der Waals surface area contributed by atoms with Gasteiger partial charge in [0.15, 0.2) is 0 Å². The van der Waals surface area contributed by atoms with Gasteiger partial charge in [0.1, 0.15) is 5.82 Å². The predicted octanol–water partition coefficient (Wildman–Crippen LogP) is 0.768. The van der Waals surface area contributed by atoms with Crippen molar-refractivity contribution in [1.82, 2.24) is 5.32 Å². The van der Waals surface area contributed by atoms with E-state index in [1.165, 1.54) is 7.05 Å². The number of amides is 1. The maximum atomic E-state index is 13.4. The number of carbonyl (C=O) groups is 2. The molecule has 7 heteroatoms. The van der Waals surface area contributed by atoms with E-state index in [0.29, 0.717) is 0 Å². The second-order valence-electron chi connectivity index (χ2n) is 3.42. The molecule has 2 N–H and O–H groups in total. The van der Waals surface area contributed by atoms with Crippen LogP contribution in [0.4, 0.5) is 4.39 Å². The minimum absolute atomic E-state index is 0.0140. The summed E-state index contributed by atoms with van der Waals surface area (Å²) in [6, 6.07) is 3.07. The summed E-state index contributed by atoms with van der Waals surface area (Å²) in [5.41, 5.74) is -0.139. The van der Waals surface area contributed by atoms with Crippen molar-refractivity contribution in [2.45, 2.75) is 11.3 Å². The Morgan fingerprint density at radius 3 is 2.67 bits per heavy atom. The molecule has 1 unspecified atom stereocenters. The molecule has 1 amide bonds. The molecule has 18 heavy (non-hydrogen) atoms. The topological polar surface area (TPSA) is 83.5 Å². The zero-order valence-electron chi connectivity index (χ0n) is 9.60. The fourth-order valence-electron chi connectivity index (χ4n) is 1.23. The Kier molecular flexibility index (Phi) is 4.96. The van der Waals surface area contributed by atoms with Gasteiger partial charge >= 0.3 is 5.97 Å². The number of hydrogen-bond acceptors (Lipinski definition) is 3. The van der Waals surface area contributed by atoms with Crippen LogP contribution in [0.25, 0.3) is 0 Å². The van der Waals surface area contributed by atoms with Crippen molar-refractivity contribution in [2.75, 3.05) is 12.8 Å². The first-order chi connectivity index (χ1) is 8.45. The summed E-state index contributed by atoms with van der Waals surface area (Å²) in [6.45, 7) is 0. The zero-order valence-corrected chi connectivity index (χ0v) is 10.4. The minimum atomic E-state index is -1.74. The third kappa shape index (κ3) is 3.63. The molecule has 0 saturated carbocycles. The lowest BCUT2D eigenvalue weighted by molar-refractivity contribution is -0.120. The monoisotopic (exact) mass is 273 g/mol. The molecule has 0 radical (unpaired) electrons. The maximum Gasteiger partial charge on any atom is 0.335 e. The summed E-state index contributed by atoms with van der Waals surface area (Å²) in [4.78, 5) is 21.5. The largest absolute Gasteiger partial charge is 0.478 e. The Morgan fingerprint density at radius 2 is 2.11 bits per heavy atom. The van der Waals surface area contributed by atoms with Gasteiger partial charge in [-0.1, -0.05) is 0 Å². The number of benzene rings is 1. The molecule has 5 nitrogen and oxygen atoms in total. The van der Waals surface area contributed by atoms with Crippen molar-refractivity contribution >= 4 is 22.7 Å². The second-order valence-corrected chi connectivity index (χ2v) is 4.96.